The van der Waals surface area contributed by atoms with E-state index >= 15 is 0 Å². The molecule has 0 aromatic carbocycles. The number of sulfone groups is 1. The predicted molar refractivity (Wildman–Crippen MR) is 59.5 cm³/mol. The molecule has 0 spiro atoms. The van der Waals surface area contributed by atoms with Crippen LogP contribution in [-0.2, 0) is 16.4 Å². The predicted octanol–water partition coefficient (Wildman–Crippen LogP) is 1.11. The Bertz CT molecular complexity index is 395. The van der Waals surface area contributed by atoms with Gasteiger partial charge in [0.2, 0.25) is 0 Å². The third-order valence-electron chi connectivity index (χ3n) is 2.12. The molecule has 0 aliphatic heterocycles. The quantitative estimate of drug-likeness (QED) is 0.745. The van der Waals surface area contributed by atoms with E-state index in [1.54, 1.807) is 6.26 Å². The van der Waals surface area contributed by atoms with Gasteiger partial charge in [-0.3, -0.25) is 0 Å². The first-order valence-corrected chi connectivity index (χ1v) is 6.96. The molecule has 1 aromatic heterocycles. The molecule has 1 aromatic rings. The van der Waals surface area contributed by atoms with Crippen LogP contribution in [0.4, 0.5) is 0 Å². The van der Waals surface area contributed by atoms with E-state index in [2.05, 4.69) is 5.32 Å². The van der Waals surface area contributed by atoms with Gasteiger partial charge in [0.05, 0.1) is 18.6 Å². The van der Waals surface area contributed by atoms with Crippen LogP contribution in [0.3, 0.4) is 0 Å². The van der Waals surface area contributed by atoms with Crippen molar-refractivity contribution in [3.63, 3.8) is 0 Å². The van der Waals surface area contributed by atoms with Crippen LogP contribution >= 0.6 is 0 Å². The average molecular weight is 231 g/mol. The Morgan fingerprint density at radius 3 is 2.73 bits per heavy atom. The number of furan rings is 1. The standard InChI is InChI=1S/C10H17NO3S/c1-9-4-6-14-10(9)8-11-5-3-7-15(2,12)13/h4,6,11H,3,5,7-8H2,1-2H3. The largest absolute Gasteiger partial charge is 0.468 e. The van der Waals surface area contributed by atoms with Crippen molar-refractivity contribution in [1.82, 2.24) is 5.32 Å². The maximum Gasteiger partial charge on any atom is 0.147 e. The highest BCUT2D eigenvalue weighted by Crippen LogP contribution is 2.07. The van der Waals surface area contributed by atoms with Crippen LogP contribution in [0.1, 0.15) is 17.7 Å². The van der Waals surface area contributed by atoms with Gasteiger partial charge in [0.1, 0.15) is 15.6 Å². The van der Waals surface area contributed by atoms with Crippen LogP contribution in [0.25, 0.3) is 0 Å². The number of hydrogen-bond donors (Lipinski definition) is 1. The fourth-order valence-electron chi connectivity index (χ4n) is 1.25. The van der Waals surface area contributed by atoms with Gasteiger partial charge in [-0.25, -0.2) is 8.42 Å². The number of hydrogen-bond acceptors (Lipinski definition) is 4. The lowest BCUT2D eigenvalue weighted by Gasteiger charge is -2.02. The van der Waals surface area contributed by atoms with Crippen molar-refractivity contribution in [1.29, 1.82) is 0 Å². The van der Waals surface area contributed by atoms with Crippen LogP contribution in [-0.4, -0.2) is 27.0 Å². The van der Waals surface area contributed by atoms with Gasteiger partial charge in [0, 0.05) is 6.26 Å². The van der Waals surface area contributed by atoms with E-state index in [1.165, 1.54) is 6.26 Å². The molecule has 0 atom stereocenters. The van der Waals surface area contributed by atoms with Crippen LogP contribution in [0, 0.1) is 6.92 Å². The molecule has 0 fully saturated rings. The lowest BCUT2D eigenvalue weighted by atomic mass is 10.3. The summed E-state index contributed by atoms with van der Waals surface area (Å²) in [6.45, 7) is 3.33. The summed E-state index contributed by atoms with van der Waals surface area (Å²) in [4.78, 5) is 0. The molecule has 5 heteroatoms. The molecular weight excluding hydrogens is 214 g/mol. The fourth-order valence-corrected chi connectivity index (χ4v) is 1.92. The van der Waals surface area contributed by atoms with Gasteiger partial charge in [-0.15, -0.1) is 0 Å². The highest BCUT2D eigenvalue weighted by Gasteiger charge is 2.02. The summed E-state index contributed by atoms with van der Waals surface area (Å²) in [6.07, 6.45) is 3.55. The van der Waals surface area contributed by atoms with E-state index in [0.717, 1.165) is 11.3 Å². The van der Waals surface area contributed by atoms with Crippen LogP contribution < -0.4 is 5.32 Å². The van der Waals surface area contributed by atoms with Crippen molar-refractivity contribution in [2.45, 2.75) is 19.9 Å². The number of nitrogens with one attached hydrogen (secondary N) is 1. The Labute approximate surface area is 90.6 Å². The van der Waals surface area contributed by atoms with Crippen molar-refractivity contribution >= 4 is 9.84 Å². The lowest BCUT2D eigenvalue weighted by molar-refractivity contribution is 0.480. The van der Waals surface area contributed by atoms with E-state index in [-0.39, 0.29) is 5.75 Å². The minimum atomic E-state index is -2.83. The summed E-state index contributed by atoms with van der Waals surface area (Å²) in [5.74, 6) is 1.14. The first-order valence-electron chi connectivity index (χ1n) is 4.90. The van der Waals surface area contributed by atoms with E-state index in [9.17, 15) is 8.42 Å². The van der Waals surface area contributed by atoms with Crippen LogP contribution in [0.15, 0.2) is 16.7 Å². The summed E-state index contributed by atoms with van der Waals surface area (Å²) in [5.41, 5.74) is 1.12. The van der Waals surface area contributed by atoms with Crippen LogP contribution in [0.2, 0.25) is 0 Å². The zero-order valence-electron chi connectivity index (χ0n) is 9.12. The Morgan fingerprint density at radius 1 is 1.47 bits per heavy atom. The van der Waals surface area contributed by atoms with Gasteiger partial charge < -0.3 is 9.73 Å². The molecule has 1 rings (SSSR count). The molecule has 0 saturated heterocycles. The normalized spacial score (nSPS) is 11.9. The maximum atomic E-state index is 10.8. The molecule has 0 radical (unpaired) electrons. The van der Waals surface area contributed by atoms with Gasteiger partial charge in [-0.1, -0.05) is 0 Å². The highest BCUT2D eigenvalue weighted by molar-refractivity contribution is 7.90. The molecule has 0 amide bonds. The zero-order valence-corrected chi connectivity index (χ0v) is 9.93. The molecule has 0 saturated carbocycles. The van der Waals surface area contributed by atoms with E-state index in [1.807, 2.05) is 13.0 Å². The van der Waals surface area contributed by atoms with Crippen molar-refractivity contribution < 1.29 is 12.8 Å². The number of aryl methyl sites for hydroxylation is 1. The van der Waals surface area contributed by atoms with E-state index in [0.29, 0.717) is 19.5 Å². The maximum absolute atomic E-state index is 10.8. The van der Waals surface area contributed by atoms with Gasteiger partial charge in [-0.05, 0) is 31.5 Å². The summed E-state index contributed by atoms with van der Waals surface area (Å²) < 4.78 is 26.9. The van der Waals surface area contributed by atoms with Gasteiger partial charge in [0.15, 0.2) is 0 Å². The lowest BCUT2D eigenvalue weighted by Crippen LogP contribution is -2.17. The summed E-state index contributed by atoms with van der Waals surface area (Å²) >= 11 is 0. The molecular formula is C10H17NO3S. The molecule has 0 bridgehead atoms. The Kier molecular flexibility index (Phi) is 4.35. The zero-order chi connectivity index (χ0) is 11.3. The summed E-state index contributed by atoms with van der Waals surface area (Å²) in [6, 6.07) is 1.91. The average Bonchev–Trinajstić information content (AvgIpc) is 2.49. The highest BCUT2D eigenvalue weighted by atomic mass is 32.2. The first kappa shape index (κ1) is 12.3. The van der Waals surface area contributed by atoms with Gasteiger partial charge in [0.25, 0.3) is 0 Å². The van der Waals surface area contributed by atoms with Gasteiger partial charge >= 0.3 is 0 Å². The minimum Gasteiger partial charge on any atom is -0.468 e. The van der Waals surface area contributed by atoms with E-state index in [4.69, 9.17) is 4.42 Å². The molecule has 1 heterocycles. The number of rotatable bonds is 6. The van der Waals surface area contributed by atoms with Crippen molar-refractivity contribution in [2.24, 2.45) is 0 Å². The summed E-state index contributed by atoms with van der Waals surface area (Å²) in [7, 11) is -2.83. The first-order chi connectivity index (χ1) is 6.99. The fraction of sp³-hybridized carbons (Fsp3) is 0.600. The second-order valence-electron chi connectivity index (χ2n) is 3.69. The topological polar surface area (TPSA) is 59.3 Å². The molecule has 15 heavy (non-hydrogen) atoms. The SMILES string of the molecule is Cc1ccoc1CNCCCS(C)(=O)=O. The van der Waals surface area contributed by atoms with E-state index < -0.39 is 9.84 Å². The second-order valence-corrected chi connectivity index (χ2v) is 5.95. The van der Waals surface area contributed by atoms with Crippen molar-refractivity contribution in [3.8, 4) is 0 Å². The molecule has 0 unspecified atom stereocenters. The Morgan fingerprint density at radius 2 is 2.20 bits per heavy atom. The second kappa shape index (κ2) is 5.32. The third kappa shape index (κ3) is 4.99. The smallest absolute Gasteiger partial charge is 0.147 e. The monoisotopic (exact) mass is 231 g/mol. The Balaban J connectivity index is 2.15. The summed E-state index contributed by atoms with van der Waals surface area (Å²) in [5, 5.41) is 3.14. The third-order valence-corrected chi connectivity index (χ3v) is 3.15. The minimum absolute atomic E-state index is 0.233. The molecule has 86 valence electrons. The van der Waals surface area contributed by atoms with Crippen molar-refractivity contribution in [2.75, 3.05) is 18.6 Å². The molecule has 0 aliphatic carbocycles. The molecule has 1 N–H and O–H groups in total. The Hall–Kier alpha value is -0.810. The molecule has 0 aliphatic rings. The molecule has 4 nitrogen and oxygen atoms in total. The van der Waals surface area contributed by atoms with Gasteiger partial charge in [-0.2, -0.15) is 0 Å². The van der Waals surface area contributed by atoms with Crippen molar-refractivity contribution in [3.05, 3.63) is 23.7 Å². The van der Waals surface area contributed by atoms with Crippen LogP contribution in [0.5, 0.6) is 0 Å².